The predicted octanol–water partition coefficient (Wildman–Crippen LogP) is 3.04. The van der Waals surface area contributed by atoms with Gasteiger partial charge in [0.15, 0.2) is 11.1 Å². The molecule has 1 aliphatic rings. The van der Waals surface area contributed by atoms with Crippen molar-refractivity contribution in [1.82, 2.24) is 15.6 Å². The van der Waals surface area contributed by atoms with Gasteiger partial charge in [-0.15, -0.1) is 11.3 Å². The Kier molecular flexibility index (Phi) is 8.64. The van der Waals surface area contributed by atoms with Gasteiger partial charge in [0, 0.05) is 51.1 Å². The molecular weight excluding hydrogens is 374 g/mol. The maximum atomic E-state index is 5.59. The Hall–Kier alpha value is -2.06. The fourth-order valence-electron chi connectivity index (χ4n) is 3.04. The van der Waals surface area contributed by atoms with Gasteiger partial charge in [0.25, 0.3) is 0 Å². The van der Waals surface area contributed by atoms with E-state index >= 15 is 0 Å². The third-order valence-electron chi connectivity index (χ3n) is 4.48. The zero-order valence-corrected chi connectivity index (χ0v) is 17.5. The molecule has 0 bridgehead atoms. The van der Waals surface area contributed by atoms with Crippen LogP contribution in [0.3, 0.4) is 0 Å². The summed E-state index contributed by atoms with van der Waals surface area (Å²) in [6.45, 7) is 7.95. The second-order valence-corrected chi connectivity index (χ2v) is 7.58. The molecule has 0 amide bonds. The summed E-state index contributed by atoms with van der Waals surface area (Å²) in [4.78, 5) is 11.8. The van der Waals surface area contributed by atoms with Crippen molar-refractivity contribution < 1.29 is 9.15 Å². The standard InChI is InChI=1S/C20H31N5O2S/c1-2-21-19(22-9-6-13-26-15-18-7-5-14-27-18)23-10-8-17-16-28-20(24-17)25-11-3-4-12-25/h5,7,14,16H,2-4,6,8-13,15H2,1H3,(H2,21,22,23). The van der Waals surface area contributed by atoms with Gasteiger partial charge >= 0.3 is 0 Å². The number of thiazole rings is 1. The number of anilines is 1. The second kappa shape index (κ2) is 11.7. The van der Waals surface area contributed by atoms with Crippen molar-refractivity contribution in [2.75, 3.05) is 44.2 Å². The number of hydrogen-bond donors (Lipinski definition) is 2. The van der Waals surface area contributed by atoms with Gasteiger partial charge in [0.05, 0.1) is 12.0 Å². The lowest BCUT2D eigenvalue weighted by Gasteiger charge is -2.12. The fraction of sp³-hybridized carbons (Fsp3) is 0.600. The summed E-state index contributed by atoms with van der Waals surface area (Å²) < 4.78 is 10.8. The number of aliphatic imine (C=N–C) groups is 1. The van der Waals surface area contributed by atoms with Gasteiger partial charge in [-0.2, -0.15) is 0 Å². The quantitative estimate of drug-likeness (QED) is 0.340. The molecule has 3 heterocycles. The van der Waals surface area contributed by atoms with Crippen molar-refractivity contribution in [3.8, 4) is 0 Å². The number of hydrogen-bond acceptors (Lipinski definition) is 6. The number of ether oxygens (including phenoxy) is 1. The van der Waals surface area contributed by atoms with Gasteiger partial charge in [-0.3, -0.25) is 4.99 Å². The molecule has 0 atom stereocenters. The van der Waals surface area contributed by atoms with Crippen LogP contribution in [-0.4, -0.2) is 50.3 Å². The normalized spacial score (nSPS) is 14.6. The third kappa shape index (κ3) is 6.83. The van der Waals surface area contributed by atoms with Gasteiger partial charge in [0.1, 0.15) is 12.4 Å². The molecule has 8 heteroatoms. The molecule has 0 unspecified atom stereocenters. The SMILES string of the molecule is CCNC(=NCCCOCc1ccco1)NCCc1csc(N2CCCC2)n1. The molecule has 0 spiro atoms. The van der Waals surface area contributed by atoms with Crippen LogP contribution in [0, 0.1) is 0 Å². The van der Waals surface area contributed by atoms with E-state index in [2.05, 4.69) is 32.8 Å². The molecule has 0 aromatic carbocycles. The predicted molar refractivity (Wildman–Crippen MR) is 114 cm³/mol. The van der Waals surface area contributed by atoms with Gasteiger partial charge in [-0.25, -0.2) is 4.98 Å². The van der Waals surface area contributed by atoms with E-state index in [0.29, 0.717) is 13.2 Å². The highest BCUT2D eigenvalue weighted by molar-refractivity contribution is 7.13. The van der Waals surface area contributed by atoms with Crippen LogP contribution in [0.2, 0.25) is 0 Å². The summed E-state index contributed by atoms with van der Waals surface area (Å²) in [6.07, 6.45) is 6.01. The summed E-state index contributed by atoms with van der Waals surface area (Å²) in [5.74, 6) is 1.71. The average Bonchev–Trinajstić information content (AvgIpc) is 3.47. The Morgan fingerprint density at radius 2 is 2.25 bits per heavy atom. The monoisotopic (exact) mass is 405 g/mol. The van der Waals surface area contributed by atoms with Crippen molar-refractivity contribution in [1.29, 1.82) is 0 Å². The van der Waals surface area contributed by atoms with E-state index in [1.165, 1.54) is 18.0 Å². The van der Waals surface area contributed by atoms with E-state index < -0.39 is 0 Å². The zero-order valence-electron chi connectivity index (χ0n) is 16.7. The number of aromatic nitrogens is 1. The molecule has 154 valence electrons. The lowest BCUT2D eigenvalue weighted by atomic mass is 10.3. The highest BCUT2D eigenvalue weighted by atomic mass is 32.1. The van der Waals surface area contributed by atoms with E-state index in [4.69, 9.17) is 14.1 Å². The first kappa shape index (κ1) is 20.7. The maximum Gasteiger partial charge on any atom is 0.191 e. The molecule has 28 heavy (non-hydrogen) atoms. The number of nitrogens with zero attached hydrogens (tertiary/aromatic N) is 3. The molecule has 3 rings (SSSR count). The van der Waals surface area contributed by atoms with Crippen molar-refractivity contribution in [2.24, 2.45) is 4.99 Å². The number of nitrogens with one attached hydrogen (secondary N) is 2. The minimum atomic E-state index is 0.516. The topological polar surface area (TPSA) is 74.9 Å². The molecule has 2 aromatic rings. The smallest absolute Gasteiger partial charge is 0.191 e. The zero-order chi connectivity index (χ0) is 19.4. The summed E-state index contributed by atoms with van der Waals surface area (Å²) in [6, 6.07) is 3.79. The lowest BCUT2D eigenvalue weighted by molar-refractivity contribution is 0.105. The van der Waals surface area contributed by atoms with E-state index in [0.717, 1.165) is 63.0 Å². The van der Waals surface area contributed by atoms with Crippen LogP contribution < -0.4 is 15.5 Å². The van der Waals surface area contributed by atoms with Crippen LogP contribution in [0.25, 0.3) is 0 Å². The van der Waals surface area contributed by atoms with Crippen molar-refractivity contribution in [3.63, 3.8) is 0 Å². The lowest BCUT2D eigenvalue weighted by Crippen LogP contribution is -2.38. The molecule has 1 fully saturated rings. The Labute approximate surface area is 171 Å². The summed E-state index contributed by atoms with van der Waals surface area (Å²) >= 11 is 1.76. The van der Waals surface area contributed by atoms with E-state index in [9.17, 15) is 0 Å². The first-order valence-corrected chi connectivity index (χ1v) is 11.0. The van der Waals surface area contributed by atoms with Crippen LogP contribution in [0.1, 0.15) is 37.6 Å². The Bertz CT molecular complexity index is 695. The third-order valence-corrected chi connectivity index (χ3v) is 5.43. The van der Waals surface area contributed by atoms with Crippen LogP contribution in [0.4, 0.5) is 5.13 Å². The van der Waals surface area contributed by atoms with Gasteiger partial charge in [-0.1, -0.05) is 0 Å². The van der Waals surface area contributed by atoms with Crippen LogP contribution in [0.5, 0.6) is 0 Å². The minimum Gasteiger partial charge on any atom is -0.467 e. The molecular formula is C20H31N5O2S. The van der Waals surface area contributed by atoms with Crippen LogP contribution in [-0.2, 0) is 17.8 Å². The van der Waals surface area contributed by atoms with Crippen LogP contribution in [0.15, 0.2) is 33.2 Å². The molecule has 0 aliphatic carbocycles. The van der Waals surface area contributed by atoms with Crippen molar-refractivity contribution in [3.05, 3.63) is 35.2 Å². The number of furan rings is 1. The van der Waals surface area contributed by atoms with Gasteiger partial charge < -0.3 is 24.7 Å². The van der Waals surface area contributed by atoms with E-state index in [1.807, 2.05) is 12.1 Å². The Morgan fingerprint density at radius 3 is 3.04 bits per heavy atom. The Morgan fingerprint density at radius 1 is 1.36 bits per heavy atom. The second-order valence-electron chi connectivity index (χ2n) is 6.74. The van der Waals surface area contributed by atoms with Crippen molar-refractivity contribution in [2.45, 2.75) is 39.2 Å². The summed E-state index contributed by atoms with van der Waals surface area (Å²) in [5, 5.41) is 10.0. The van der Waals surface area contributed by atoms with E-state index in [1.54, 1.807) is 17.6 Å². The van der Waals surface area contributed by atoms with Gasteiger partial charge in [0.2, 0.25) is 0 Å². The average molecular weight is 406 g/mol. The molecule has 1 aliphatic heterocycles. The first-order valence-electron chi connectivity index (χ1n) is 10.2. The first-order chi connectivity index (χ1) is 13.8. The number of guanidine groups is 1. The summed E-state index contributed by atoms with van der Waals surface area (Å²) in [7, 11) is 0. The molecule has 2 aromatic heterocycles. The summed E-state index contributed by atoms with van der Waals surface area (Å²) in [5.41, 5.74) is 1.15. The molecule has 0 radical (unpaired) electrons. The molecule has 1 saturated heterocycles. The van der Waals surface area contributed by atoms with Crippen molar-refractivity contribution >= 4 is 22.4 Å². The van der Waals surface area contributed by atoms with Crippen LogP contribution >= 0.6 is 11.3 Å². The highest BCUT2D eigenvalue weighted by Gasteiger charge is 2.15. The fourth-order valence-corrected chi connectivity index (χ4v) is 3.95. The van der Waals surface area contributed by atoms with Gasteiger partial charge in [-0.05, 0) is 38.3 Å². The minimum absolute atomic E-state index is 0.516. The van der Waals surface area contributed by atoms with E-state index in [-0.39, 0.29) is 0 Å². The largest absolute Gasteiger partial charge is 0.467 e. The molecule has 2 N–H and O–H groups in total. The number of rotatable bonds is 11. The maximum absolute atomic E-state index is 5.59. The molecule has 0 saturated carbocycles. The highest BCUT2D eigenvalue weighted by Crippen LogP contribution is 2.24. The Balaban J connectivity index is 1.32. The molecule has 7 nitrogen and oxygen atoms in total.